The molecule has 42 heavy (non-hydrogen) atoms. The molecular weight excluding hydrogens is 534 g/mol. The first-order valence-corrected chi connectivity index (χ1v) is 13.8. The summed E-state index contributed by atoms with van der Waals surface area (Å²) in [6, 6.07) is 24.1. The molecule has 2 N–H and O–H groups in total. The lowest BCUT2D eigenvalue weighted by molar-refractivity contribution is -0.128. The van der Waals surface area contributed by atoms with Crippen LogP contribution in [0.2, 0.25) is 0 Å². The summed E-state index contributed by atoms with van der Waals surface area (Å²) in [6.07, 6.45) is 4.37. The zero-order valence-electron chi connectivity index (χ0n) is 23.6. The standard InChI is InChI=1S/C32H35N5O5/c1-40-22-8-20-34-31(39)32(19-7-12-24-10-3-2-4-11-24)29(27-13-5-6-14-28(27)36-37-33)42-30(35-32)25-15-17-26(18-16-25)41-23-9-21-38/h2-7,10-18,29,38H,8-9,19-23H2,1H3,(H,34,39)/b12-7+/t29-,32-/m1/s1. The summed E-state index contributed by atoms with van der Waals surface area (Å²) in [7, 11) is 1.62. The number of aliphatic hydroxyl groups excluding tert-OH is 1. The van der Waals surface area contributed by atoms with E-state index in [9.17, 15) is 10.3 Å². The number of amides is 1. The third kappa shape index (κ3) is 7.55. The van der Waals surface area contributed by atoms with Gasteiger partial charge in [0.2, 0.25) is 5.90 Å². The second-order valence-electron chi connectivity index (χ2n) is 9.66. The summed E-state index contributed by atoms with van der Waals surface area (Å²) in [5.74, 6) is 0.623. The maximum Gasteiger partial charge on any atom is 0.252 e. The number of nitrogens with one attached hydrogen (secondary N) is 1. The molecule has 1 aliphatic heterocycles. The Morgan fingerprint density at radius 1 is 1.10 bits per heavy atom. The molecule has 0 radical (unpaired) electrons. The second-order valence-corrected chi connectivity index (χ2v) is 9.66. The maximum atomic E-state index is 14.1. The van der Waals surface area contributed by atoms with Gasteiger partial charge in [-0.05, 0) is 41.8 Å². The third-order valence-corrected chi connectivity index (χ3v) is 6.75. The van der Waals surface area contributed by atoms with Gasteiger partial charge in [-0.3, -0.25) is 4.79 Å². The van der Waals surface area contributed by atoms with Crippen LogP contribution in [0.25, 0.3) is 16.5 Å². The van der Waals surface area contributed by atoms with Gasteiger partial charge in [0.05, 0.1) is 6.61 Å². The Morgan fingerprint density at radius 2 is 1.86 bits per heavy atom. The molecule has 218 valence electrons. The first-order valence-electron chi connectivity index (χ1n) is 13.8. The van der Waals surface area contributed by atoms with E-state index in [-0.39, 0.29) is 24.8 Å². The molecule has 10 nitrogen and oxygen atoms in total. The fraction of sp³-hybridized carbons (Fsp3) is 0.312. The fourth-order valence-corrected chi connectivity index (χ4v) is 4.65. The van der Waals surface area contributed by atoms with E-state index in [0.717, 1.165) is 5.56 Å². The molecular formula is C32H35N5O5. The number of azide groups is 1. The van der Waals surface area contributed by atoms with E-state index in [2.05, 4.69) is 15.3 Å². The molecule has 3 aromatic carbocycles. The number of nitrogens with zero attached hydrogens (tertiary/aromatic N) is 4. The van der Waals surface area contributed by atoms with Gasteiger partial charge in [0.1, 0.15) is 5.75 Å². The number of rotatable bonds is 15. The summed E-state index contributed by atoms with van der Waals surface area (Å²) < 4.78 is 17.3. The van der Waals surface area contributed by atoms with Crippen molar-refractivity contribution in [2.24, 2.45) is 10.1 Å². The minimum absolute atomic E-state index is 0.0514. The van der Waals surface area contributed by atoms with Crippen molar-refractivity contribution < 1.29 is 24.1 Å². The molecule has 2 atom stereocenters. The minimum Gasteiger partial charge on any atom is -0.494 e. The lowest BCUT2D eigenvalue weighted by atomic mass is 9.83. The SMILES string of the molecule is COCCCNC(=O)[C@]1(C/C=C/c2ccccc2)N=C(c2ccc(OCCCO)cc2)O[C@@H]1c1ccccc1N=[N+]=[N-]. The smallest absolute Gasteiger partial charge is 0.252 e. The van der Waals surface area contributed by atoms with Crippen LogP contribution in [0, 0.1) is 0 Å². The Kier molecular flexibility index (Phi) is 11.1. The predicted octanol–water partition coefficient (Wildman–Crippen LogP) is 5.90. The molecule has 10 heteroatoms. The highest BCUT2D eigenvalue weighted by Crippen LogP contribution is 2.45. The number of carbonyl (C=O) groups excluding carboxylic acids is 1. The zero-order valence-corrected chi connectivity index (χ0v) is 23.6. The highest BCUT2D eigenvalue weighted by Gasteiger charge is 2.53. The summed E-state index contributed by atoms with van der Waals surface area (Å²) in [6.45, 7) is 1.34. The molecule has 0 aromatic heterocycles. The number of hydrogen-bond donors (Lipinski definition) is 2. The third-order valence-electron chi connectivity index (χ3n) is 6.75. The maximum absolute atomic E-state index is 14.1. The van der Waals surface area contributed by atoms with Gasteiger partial charge in [-0.25, -0.2) is 4.99 Å². The highest BCUT2D eigenvalue weighted by atomic mass is 16.5. The molecule has 3 aromatic rings. The van der Waals surface area contributed by atoms with Crippen LogP contribution in [-0.4, -0.2) is 55.9 Å². The lowest BCUT2D eigenvalue weighted by Gasteiger charge is -2.30. The van der Waals surface area contributed by atoms with E-state index < -0.39 is 11.6 Å². The summed E-state index contributed by atoms with van der Waals surface area (Å²) in [5.41, 5.74) is 10.4. The van der Waals surface area contributed by atoms with Crippen LogP contribution in [0.15, 0.2) is 95.0 Å². The Hall–Kier alpha value is -4.63. The van der Waals surface area contributed by atoms with Crippen molar-refractivity contribution in [3.05, 3.63) is 112 Å². The van der Waals surface area contributed by atoms with Gasteiger partial charge < -0.3 is 24.6 Å². The quantitative estimate of drug-likeness (QED) is 0.102. The second kappa shape index (κ2) is 15.4. The fourth-order valence-electron chi connectivity index (χ4n) is 4.65. The van der Waals surface area contributed by atoms with Crippen molar-refractivity contribution in [1.29, 1.82) is 0 Å². The van der Waals surface area contributed by atoms with Gasteiger partial charge in [-0.2, -0.15) is 0 Å². The topological polar surface area (TPSA) is 138 Å². The van der Waals surface area contributed by atoms with Crippen LogP contribution in [0.5, 0.6) is 5.75 Å². The van der Waals surface area contributed by atoms with Gasteiger partial charge in [-0.15, -0.1) is 0 Å². The van der Waals surface area contributed by atoms with Crippen LogP contribution < -0.4 is 10.1 Å². The number of ether oxygens (including phenoxy) is 3. The van der Waals surface area contributed by atoms with Crippen LogP contribution in [0.4, 0.5) is 5.69 Å². The van der Waals surface area contributed by atoms with Gasteiger partial charge in [0, 0.05) is 61.4 Å². The van der Waals surface area contributed by atoms with E-state index in [0.29, 0.717) is 55.2 Å². The summed E-state index contributed by atoms with van der Waals surface area (Å²) >= 11 is 0. The van der Waals surface area contributed by atoms with Crippen molar-refractivity contribution in [3.8, 4) is 5.75 Å². The summed E-state index contributed by atoms with van der Waals surface area (Å²) in [4.78, 5) is 22.1. The van der Waals surface area contributed by atoms with Gasteiger partial charge in [-0.1, -0.05) is 71.9 Å². The van der Waals surface area contributed by atoms with E-state index >= 15 is 0 Å². The molecule has 0 unspecified atom stereocenters. The van der Waals surface area contributed by atoms with Crippen molar-refractivity contribution >= 4 is 23.6 Å². The predicted molar refractivity (Wildman–Crippen MR) is 162 cm³/mol. The molecule has 1 heterocycles. The molecule has 0 saturated carbocycles. The Labute approximate surface area is 245 Å². The van der Waals surface area contributed by atoms with E-state index in [1.165, 1.54) is 0 Å². The van der Waals surface area contributed by atoms with E-state index in [4.69, 9.17) is 24.3 Å². The number of hydrogen-bond acceptors (Lipinski definition) is 7. The largest absolute Gasteiger partial charge is 0.494 e. The molecule has 0 fully saturated rings. The monoisotopic (exact) mass is 569 g/mol. The average molecular weight is 570 g/mol. The van der Waals surface area contributed by atoms with E-state index in [1.807, 2.05) is 60.7 Å². The first-order chi connectivity index (χ1) is 20.6. The zero-order chi connectivity index (χ0) is 29.6. The van der Waals surface area contributed by atoms with Gasteiger partial charge >= 0.3 is 0 Å². The van der Waals surface area contributed by atoms with Crippen molar-refractivity contribution in [2.75, 3.05) is 33.5 Å². The van der Waals surface area contributed by atoms with Crippen LogP contribution >= 0.6 is 0 Å². The van der Waals surface area contributed by atoms with Crippen molar-refractivity contribution in [2.45, 2.75) is 30.9 Å². The molecule has 4 rings (SSSR count). The summed E-state index contributed by atoms with van der Waals surface area (Å²) in [5, 5.41) is 15.9. The van der Waals surface area contributed by atoms with Crippen LogP contribution in [0.3, 0.4) is 0 Å². The number of aliphatic imine (C=N–C) groups is 1. The van der Waals surface area contributed by atoms with Gasteiger partial charge in [0.25, 0.3) is 5.91 Å². The average Bonchev–Trinajstić information content (AvgIpc) is 3.41. The first kappa shape index (κ1) is 30.3. The Balaban J connectivity index is 1.76. The number of carbonyl (C=O) groups is 1. The Bertz CT molecular complexity index is 1420. The molecule has 0 aliphatic carbocycles. The number of benzene rings is 3. The highest BCUT2D eigenvalue weighted by molar-refractivity contribution is 6.01. The normalized spacial score (nSPS) is 17.8. The van der Waals surface area contributed by atoms with Crippen LogP contribution in [-0.2, 0) is 14.3 Å². The van der Waals surface area contributed by atoms with Crippen molar-refractivity contribution in [1.82, 2.24) is 5.32 Å². The molecule has 1 aliphatic rings. The molecule has 0 bridgehead atoms. The molecule has 0 spiro atoms. The van der Waals surface area contributed by atoms with Gasteiger partial charge in [0.15, 0.2) is 11.6 Å². The number of aliphatic hydroxyl groups is 1. The Morgan fingerprint density at radius 3 is 2.60 bits per heavy atom. The number of methoxy groups -OCH3 is 1. The van der Waals surface area contributed by atoms with E-state index in [1.54, 1.807) is 37.4 Å². The van der Waals surface area contributed by atoms with Crippen molar-refractivity contribution in [3.63, 3.8) is 0 Å². The molecule has 0 saturated heterocycles. The van der Waals surface area contributed by atoms with Crippen LogP contribution in [0.1, 0.15) is 42.1 Å². The lowest BCUT2D eigenvalue weighted by Crippen LogP contribution is -2.48. The molecule has 1 amide bonds. The minimum atomic E-state index is -1.40.